The number of hydrogen-bond donors (Lipinski definition) is 3. The molecule has 0 atom stereocenters. The van der Waals surface area contributed by atoms with Crippen molar-refractivity contribution < 1.29 is 46.3 Å². The maximum absolute atomic E-state index is 9.53. The minimum atomic E-state index is 0. The van der Waals surface area contributed by atoms with Gasteiger partial charge in [-0.25, -0.2) is 0 Å². The maximum Gasteiger partial charge on any atom is 0.0319 e. The number of aliphatic hydroxyl groups is 3. The molecule has 0 bridgehead atoms. The van der Waals surface area contributed by atoms with Gasteiger partial charge in [-0.3, -0.25) is 0 Å². The van der Waals surface area contributed by atoms with E-state index < -0.39 is 0 Å². The van der Waals surface area contributed by atoms with Crippen molar-refractivity contribution in [2.75, 3.05) is 27.9 Å². The van der Waals surface area contributed by atoms with Gasteiger partial charge < -0.3 is 20.4 Å². The summed E-state index contributed by atoms with van der Waals surface area (Å²) in [6.07, 6.45) is 1.86. The van der Waals surface area contributed by atoms with Gasteiger partial charge in [-0.1, -0.05) is 19.8 Å². The van der Waals surface area contributed by atoms with E-state index >= 15 is 0 Å². The van der Waals surface area contributed by atoms with Gasteiger partial charge in [0.05, 0.1) is 0 Å². The smallest absolute Gasteiger partial charge is 0.0319 e. The van der Waals surface area contributed by atoms with Crippen molar-refractivity contribution in [2.45, 2.75) is 19.8 Å². The monoisotopic (exact) mass is 349 g/mol. The Kier molecular flexibility index (Phi) is 238. The zero-order chi connectivity index (χ0) is 10.1. The second-order valence-corrected chi connectivity index (χ2v) is 1.06. The molecule has 78 valence electrons. The molecule has 0 fully saturated rings. The zero-order valence-electron chi connectivity index (χ0n) is 8.37. The average Bonchev–Trinajstić information content (AvgIpc) is 2.16. The molecule has 0 saturated carbocycles. The molecule has 0 radical (unpaired) electrons. The summed E-state index contributed by atoms with van der Waals surface area (Å²) in [4.78, 5) is 0. The first-order valence-corrected chi connectivity index (χ1v) is 3.34. The molecule has 0 saturated heterocycles. The van der Waals surface area contributed by atoms with Gasteiger partial charge in [0.25, 0.3) is 0 Å². The second-order valence-electron chi connectivity index (χ2n) is 1.06. The van der Waals surface area contributed by atoms with Gasteiger partial charge in [-0.2, -0.15) is 0 Å². The molecule has 0 aliphatic heterocycles. The van der Waals surface area contributed by atoms with Crippen molar-refractivity contribution in [1.29, 1.82) is 0 Å². The Morgan fingerprint density at radius 1 is 0.917 bits per heavy atom. The average molecular weight is 348 g/mol. The summed E-state index contributed by atoms with van der Waals surface area (Å²) in [5.74, 6) is 0. The third-order valence-corrected chi connectivity index (χ3v) is 0.498. The SMILES string of the molecule is CCCC[O-].CO.CO.CO.[Hf]. The van der Waals surface area contributed by atoms with Crippen molar-refractivity contribution in [3.8, 4) is 0 Å². The Morgan fingerprint density at radius 3 is 1.17 bits per heavy atom. The van der Waals surface area contributed by atoms with Gasteiger partial charge in [0.2, 0.25) is 0 Å². The molecule has 5 heteroatoms. The van der Waals surface area contributed by atoms with E-state index in [9.17, 15) is 5.11 Å². The largest absolute Gasteiger partial charge is 0.854 e. The maximum atomic E-state index is 9.53. The fourth-order valence-corrected chi connectivity index (χ4v) is 0.144. The topological polar surface area (TPSA) is 83.8 Å². The number of unbranched alkanes of at least 4 members (excludes halogenated alkanes) is 1. The van der Waals surface area contributed by atoms with Crippen LogP contribution < -0.4 is 5.11 Å². The van der Waals surface area contributed by atoms with Crippen LogP contribution >= 0.6 is 0 Å². The predicted molar refractivity (Wildman–Crippen MR) is 44.2 cm³/mol. The first-order valence-electron chi connectivity index (χ1n) is 3.34. The van der Waals surface area contributed by atoms with Gasteiger partial charge in [0.15, 0.2) is 0 Å². The van der Waals surface area contributed by atoms with Crippen LogP contribution in [0.1, 0.15) is 19.8 Å². The van der Waals surface area contributed by atoms with E-state index in [1.807, 2.05) is 6.92 Å². The Balaban J connectivity index is -0.0000000203. The first kappa shape index (κ1) is 29.3. The summed E-state index contributed by atoms with van der Waals surface area (Å²) >= 11 is 0. The van der Waals surface area contributed by atoms with Gasteiger partial charge >= 0.3 is 0 Å². The van der Waals surface area contributed by atoms with Gasteiger partial charge in [-0.15, -0.1) is 6.61 Å². The van der Waals surface area contributed by atoms with Crippen molar-refractivity contribution in [2.24, 2.45) is 0 Å². The van der Waals surface area contributed by atoms with E-state index in [4.69, 9.17) is 15.3 Å². The predicted octanol–water partition coefficient (Wildman–Crippen LogP) is -1.03. The van der Waals surface area contributed by atoms with Crippen LogP contribution in [-0.4, -0.2) is 43.3 Å². The van der Waals surface area contributed by atoms with Crippen LogP contribution in [0.5, 0.6) is 0 Å². The van der Waals surface area contributed by atoms with Crippen LogP contribution in [0.3, 0.4) is 0 Å². The number of rotatable bonds is 2. The summed E-state index contributed by atoms with van der Waals surface area (Å²) in [6.45, 7) is 2.11. The standard InChI is InChI=1S/C4H9O.3CH4O.Hf/c1-2-3-4-5;3*1-2;/h2-4H2,1H3;3*2H,1H3;/q-1;;;;. The molecule has 0 heterocycles. The molecule has 0 aliphatic rings. The molecule has 0 unspecified atom stereocenters. The van der Waals surface area contributed by atoms with Crippen molar-refractivity contribution >= 4 is 0 Å². The van der Waals surface area contributed by atoms with E-state index in [-0.39, 0.29) is 32.5 Å². The Hall–Kier alpha value is 0.710. The molecule has 4 nitrogen and oxygen atoms in total. The molecule has 0 aromatic carbocycles. The number of aliphatic hydroxyl groups excluding tert-OH is 3. The zero-order valence-corrected chi connectivity index (χ0v) is 12.0. The summed E-state index contributed by atoms with van der Waals surface area (Å²) in [6, 6.07) is 0. The summed E-state index contributed by atoms with van der Waals surface area (Å²) in [7, 11) is 3.00. The van der Waals surface area contributed by atoms with Gasteiger partial charge in [-0.05, 0) is 0 Å². The molecular formula is C7H21HfO4-. The summed E-state index contributed by atoms with van der Waals surface area (Å²) < 4.78 is 0. The van der Waals surface area contributed by atoms with Crippen LogP contribution in [0.15, 0.2) is 0 Å². The Labute approximate surface area is 94.0 Å². The van der Waals surface area contributed by atoms with E-state index in [1.54, 1.807) is 0 Å². The molecule has 0 spiro atoms. The van der Waals surface area contributed by atoms with Crippen molar-refractivity contribution in [3.05, 3.63) is 0 Å². The van der Waals surface area contributed by atoms with Gasteiger partial charge in [0.1, 0.15) is 0 Å². The third-order valence-electron chi connectivity index (χ3n) is 0.498. The van der Waals surface area contributed by atoms with Crippen LogP contribution in [0.4, 0.5) is 0 Å². The van der Waals surface area contributed by atoms with Crippen LogP contribution in [0, 0.1) is 0 Å². The number of hydrogen-bond acceptors (Lipinski definition) is 4. The minimum absolute atomic E-state index is 0. The van der Waals surface area contributed by atoms with Crippen LogP contribution in [0.2, 0.25) is 0 Å². The van der Waals surface area contributed by atoms with Crippen molar-refractivity contribution in [3.63, 3.8) is 0 Å². The second kappa shape index (κ2) is 97.6. The molecule has 0 rings (SSSR count). The fraction of sp³-hybridized carbons (Fsp3) is 1.00. The molecular weight excluding hydrogens is 327 g/mol. The Morgan fingerprint density at radius 2 is 1.17 bits per heavy atom. The normalized spacial score (nSPS) is 5.00. The van der Waals surface area contributed by atoms with Crippen LogP contribution in [0.25, 0.3) is 0 Å². The molecule has 3 N–H and O–H groups in total. The summed E-state index contributed by atoms with van der Waals surface area (Å²) in [5, 5.41) is 30.5. The molecule has 0 aromatic heterocycles. The summed E-state index contributed by atoms with van der Waals surface area (Å²) in [5.41, 5.74) is 0. The molecule has 12 heavy (non-hydrogen) atoms. The third kappa shape index (κ3) is 137. The van der Waals surface area contributed by atoms with Crippen LogP contribution in [-0.2, 0) is 25.8 Å². The van der Waals surface area contributed by atoms with Gasteiger partial charge in [0, 0.05) is 47.2 Å². The first-order chi connectivity index (χ1) is 5.41. The molecule has 0 amide bonds. The minimum Gasteiger partial charge on any atom is -0.854 e. The Bertz CT molecular complexity index is 22.9. The fourth-order valence-electron chi connectivity index (χ4n) is 0.144. The van der Waals surface area contributed by atoms with E-state index in [1.165, 1.54) is 0 Å². The van der Waals surface area contributed by atoms with E-state index in [0.717, 1.165) is 34.2 Å². The van der Waals surface area contributed by atoms with E-state index in [2.05, 4.69) is 0 Å². The quantitative estimate of drug-likeness (QED) is 0.558. The van der Waals surface area contributed by atoms with E-state index in [0.29, 0.717) is 0 Å². The molecule has 0 aliphatic carbocycles. The van der Waals surface area contributed by atoms with Crippen molar-refractivity contribution in [1.82, 2.24) is 0 Å². The molecule has 0 aromatic rings.